The molecule has 0 spiro atoms. The zero-order chi connectivity index (χ0) is 35.5. The first-order valence-electron chi connectivity index (χ1n) is 16.0. The van der Waals surface area contributed by atoms with Gasteiger partial charge in [-0.3, -0.25) is 4.79 Å². The smallest absolute Gasteiger partial charge is 0.338 e. The van der Waals surface area contributed by atoms with E-state index in [1.165, 1.54) is 18.7 Å². The van der Waals surface area contributed by atoms with E-state index in [2.05, 4.69) is 0 Å². The van der Waals surface area contributed by atoms with Crippen molar-refractivity contribution in [2.45, 2.75) is 61.4 Å². The Labute approximate surface area is 294 Å². The maximum absolute atomic E-state index is 13.6. The number of carbonyl (C=O) groups excluding carboxylic acids is 5. The average molecular weight is 697 g/mol. The predicted octanol–water partition coefficient (Wildman–Crippen LogP) is 6.40. The average Bonchev–Trinajstić information content (AvgIpc) is 3.46. The highest BCUT2D eigenvalue weighted by molar-refractivity contribution is 7.99. The fraction of sp³-hybridized carbons (Fsp3) is 0.256. The van der Waals surface area contributed by atoms with Gasteiger partial charge < -0.3 is 28.5 Å². The Morgan fingerprint density at radius 2 is 1.16 bits per heavy atom. The number of carbonyl (C=O) groups is 5. The number of esters is 4. The minimum absolute atomic E-state index is 0.0729. The van der Waals surface area contributed by atoms with Gasteiger partial charge in [-0.2, -0.15) is 0 Å². The molecule has 0 amide bonds. The Morgan fingerprint density at radius 1 is 0.660 bits per heavy atom. The van der Waals surface area contributed by atoms with E-state index in [1.54, 1.807) is 91.0 Å². The minimum Gasteiger partial charge on any atom is -0.458 e. The molecule has 5 atom stereocenters. The number of hydrogen-bond donors (Lipinski definition) is 0. The fourth-order valence-electron chi connectivity index (χ4n) is 5.10. The third-order valence-corrected chi connectivity index (χ3v) is 8.86. The Kier molecular flexibility index (Phi) is 12.5. The largest absolute Gasteiger partial charge is 0.458 e. The van der Waals surface area contributed by atoms with Gasteiger partial charge in [0.25, 0.3) is 0 Å². The molecule has 50 heavy (non-hydrogen) atoms. The van der Waals surface area contributed by atoms with Gasteiger partial charge in [0.15, 0.2) is 18.3 Å². The van der Waals surface area contributed by atoms with Crippen LogP contribution in [-0.2, 0) is 33.3 Å². The van der Waals surface area contributed by atoms with Gasteiger partial charge in [0, 0.05) is 11.3 Å². The highest BCUT2D eigenvalue weighted by Crippen LogP contribution is 2.40. The molecule has 258 valence electrons. The van der Waals surface area contributed by atoms with Crippen molar-refractivity contribution in [1.29, 1.82) is 0 Å². The number of rotatable bonds is 14. The predicted molar refractivity (Wildman–Crippen MR) is 184 cm³/mol. The number of aryl methyl sites for hydroxylation is 1. The Bertz CT molecular complexity index is 1760. The lowest BCUT2D eigenvalue weighted by Crippen LogP contribution is -2.47. The van der Waals surface area contributed by atoms with Crippen molar-refractivity contribution in [1.82, 2.24) is 0 Å². The summed E-state index contributed by atoms with van der Waals surface area (Å²) in [4.78, 5) is 65.6. The molecule has 0 aromatic heterocycles. The van der Waals surface area contributed by atoms with Crippen LogP contribution in [-0.4, -0.2) is 66.1 Å². The van der Waals surface area contributed by atoms with Gasteiger partial charge in [-0.1, -0.05) is 84.1 Å². The number of benzene rings is 4. The summed E-state index contributed by atoms with van der Waals surface area (Å²) in [6.07, 6.45) is -5.47. The molecule has 0 unspecified atom stereocenters. The Balaban J connectivity index is 1.52. The molecule has 0 radical (unpaired) electrons. The van der Waals surface area contributed by atoms with Crippen molar-refractivity contribution < 1.29 is 47.7 Å². The van der Waals surface area contributed by atoms with Crippen molar-refractivity contribution in [3.63, 3.8) is 0 Å². The molecule has 1 heterocycles. The maximum atomic E-state index is 13.6. The van der Waals surface area contributed by atoms with E-state index >= 15 is 0 Å². The van der Waals surface area contributed by atoms with Crippen molar-refractivity contribution in [3.05, 3.63) is 138 Å². The number of ether oxygens (including phenoxy) is 5. The summed E-state index contributed by atoms with van der Waals surface area (Å²) in [7, 11) is 0. The number of hydrogen-bond acceptors (Lipinski definition) is 11. The van der Waals surface area contributed by atoms with Gasteiger partial charge >= 0.3 is 23.9 Å². The molecule has 11 heteroatoms. The van der Waals surface area contributed by atoms with Gasteiger partial charge in [0.1, 0.15) is 23.9 Å². The van der Waals surface area contributed by atoms with Crippen LogP contribution < -0.4 is 0 Å². The monoisotopic (exact) mass is 696 g/mol. The van der Waals surface area contributed by atoms with Gasteiger partial charge in [0.05, 0.1) is 23.1 Å². The van der Waals surface area contributed by atoms with Crippen LogP contribution in [0.25, 0.3) is 0 Å². The zero-order valence-electron chi connectivity index (χ0n) is 27.5. The lowest BCUT2D eigenvalue weighted by molar-refractivity contribution is -0.164. The van der Waals surface area contributed by atoms with E-state index in [9.17, 15) is 24.0 Å². The second-order valence-corrected chi connectivity index (χ2v) is 12.7. The topological polar surface area (TPSA) is 132 Å². The van der Waals surface area contributed by atoms with Crippen LogP contribution in [0.4, 0.5) is 0 Å². The van der Waals surface area contributed by atoms with Crippen LogP contribution in [0, 0.1) is 6.92 Å². The lowest BCUT2D eigenvalue weighted by atomic mass is 10.1. The molecule has 1 aliphatic rings. The van der Waals surface area contributed by atoms with Crippen LogP contribution in [0.15, 0.2) is 120 Å². The molecule has 5 rings (SSSR count). The normalized spacial score (nSPS) is 18.8. The number of Topliss-reactive ketones (excluding diaryl/α,β-unsaturated/α-hetero) is 1. The minimum atomic E-state index is -1.34. The summed E-state index contributed by atoms with van der Waals surface area (Å²) in [5.74, 6) is -3.10. The molecule has 1 aliphatic heterocycles. The van der Waals surface area contributed by atoms with Gasteiger partial charge in [-0.05, 0) is 62.4 Å². The van der Waals surface area contributed by atoms with Crippen LogP contribution in [0.5, 0.6) is 0 Å². The summed E-state index contributed by atoms with van der Waals surface area (Å²) >= 11 is 1.22. The first-order valence-corrected chi connectivity index (χ1v) is 16.9. The number of ketones is 1. The molecule has 0 bridgehead atoms. The highest BCUT2D eigenvalue weighted by Gasteiger charge is 2.54. The fourth-order valence-corrected chi connectivity index (χ4v) is 6.19. The van der Waals surface area contributed by atoms with Gasteiger partial charge in [-0.15, -0.1) is 0 Å². The van der Waals surface area contributed by atoms with Crippen LogP contribution in [0.1, 0.15) is 56.4 Å². The first-order chi connectivity index (χ1) is 24.2. The lowest BCUT2D eigenvalue weighted by Gasteiger charge is -2.28. The first kappa shape index (κ1) is 36.0. The second-order valence-electron chi connectivity index (χ2n) is 11.6. The summed E-state index contributed by atoms with van der Waals surface area (Å²) in [6, 6.07) is 32.3. The molecule has 4 aromatic carbocycles. The van der Waals surface area contributed by atoms with E-state index in [4.69, 9.17) is 23.7 Å². The van der Waals surface area contributed by atoms with Crippen molar-refractivity contribution in [2.75, 3.05) is 6.61 Å². The summed E-state index contributed by atoms with van der Waals surface area (Å²) in [5.41, 5.74) is 0.800. The number of thioether (sulfide) groups is 1. The second kappa shape index (κ2) is 17.4. The molecule has 10 nitrogen and oxygen atoms in total. The maximum Gasteiger partial charge on any atom is 0.338 e. The highest BCUT2D eigenvalue weighted by atomic mass is 32.2. The summed E-state index contributed by atoms with van der Waals surface area (Å²) in [5, 5.41) is 0. The molecule has 1 fully saturated rings. The molecule has 1 saturated heterocycles. The third kappa shape index (κ3) is 9.90. The molecule has 0 aliphatic carbocycles. The molecular weight excluding hydrogens is 660 g/mol. The molecule has 0 saturated carbocycles. The third-order valence-electron chi connectivity index (χ3n) is 7.70. The molecule has 4 aromatic rings. The van der Waals surface area contributed by atoms with Crippen LogP contribution >= 0.6 is 11.8 Å². The Hall–Kier alpha value is -5.26. The van der Waals surface area contributed by atoms with Crippen LogP contribution in [0.2, 0.25) is 0 Å². The van der Waals surface area contributed by atoms with Crippen molar-refractivity contribution >= 4 is 41.4 Å². The van der Waals surface area contributed by atoms with E-state index in [0.717, 1.165) is 10.5 Å². The SMILES string of the molecule is CC(=O)CCC(=O)O[C@H](COC(=O)c1ccccc1)[C@@H]1O[C@@H](Sc2ccc(C)cc2)[C@H](OC(=O)c2ccccc2)[C@H]1OC(=O)c1ccccc1. The van der Waals surface area contributed by atoms with E-state index < -0.39 is 60.3 Å². The zero-order valence-corrected chi connectivity index (χ0v) is 28.3. The Morgan fingerprint density at radius 3 is 1.68 bits per heavy atom. The van der Waals surface area contributed by atoms with Gasteiger partial charge in [0.2, 0.25) is 0 Å². The van der Waals surface area contributed by atoms with Crippen LogP contribution in [0.3, 0.4) is 0 Å². The van der Waals surface area contributed by atoms with E-state index in [1.807, 2.05) is 31.2 Å². The molecular formula is C39H36O10S. The standard InChI is InChI=1S/C39H36O10S/c1-25-18-21-30(22-19-25)50-39-35(48-38(44)29-16-10-5-11-17-29)34(47-37(43)28-14-8-4-9-15-28)33(49-39)31(46-32(41)23-20-26(2)40)24-45-36(42)27-12-6-3-7-13-27/h3-19,21-22,31,33-35,39H,20,23-24H2,1-2H3/t31-,33+,34+,35-,39+/m1/s1. The van der Waals surface area contributed by atoms with Crippen molar-refractivity contribution in [2.24, 2.45) is 0 Å². The molecule has 0 N–H and O–H groups in total. The van der Waals surface area contributed by atoms with E-state index in [0.29, 0.717) is 0 Å². The van der Waals surface area contributed by atoms with Crippen molar-refractivity contribution in [3.8, 4) is 0 Å². The van der Waals surface area contributed by atoms with Gasteiger partial charge in [-0.25, -0.2) is 14.4 Å². The summed E-state index contributed by atoms with van der Waals surface area (Å²) < 4.78 is 30.0. The van der Waals surface area contributed by atoms with E-state index in [-0.39, 0.29) is 35.3 Å². The quantitative estimate of drug-likeness (QED) is 0.107. The summed E-state index contributed by atoms with van der Waals surface area (Å²) in [6.45, 7) is 2.80.